The fourth-order valence-electron chi connectivity index (χ4n) is 2.57. The van der Waals surface area contributed by atoms with Gasteiger partial charge in [0.05, 0.1) is 12.3 Å². The molecule has 0 saturated heterocycles. The van der Waals surface area contributed by atoms with Crippen molar-refractivity contribution in [3.8, 4) is 0 Å². The van der Waals surface area contributed by atoms with Gasteiger partial charge in [0, 0.05) is 30.6 Å². The van der Waals surface area contributed by atoms with Crippen LogP contribution in [0.5, 0.6) is 0 Å². The maximum atomic E-state index is 9.73. The molecule has 0 radical (unpaired) electrons. The molecule has 0 fully saturated rings. The van der Waals surface area contributed by atoms with Crippen LogP contribution >= 0.6 is 0 Å². The van der Waals surface area contributed by atoms with Crippen LogP contribution < -0.4 is 5.73 Å². The van der Waals surface area contributed by atoms with Crippen LogP contribution in [0.15, 0.2) is 12.3 Å². The first-order valence-electron chi connectivity index (χ1n) is 7.31. The minimum absolute atomic E-state index is 0.123. The van der Waals surface area contributed by atoms with Crippen molar-refractivity contribution >= 4 is 0 Å². The van der Waals surface area contributed by atoms with Gasteiger partial charge < -0.3 is 10.8 Å². The Morgan fingerprint density at radius 3 is 2.58 bits per heavy atom. The summed E-state index contributed by atoms with van der Waals surface area (Å²) in [6.07, 6.45) is 4.77. The van der Waals surface area contributed by atoms with Gasteiger partial charge in [-0.2, -0.15) is 5.10 Å². The summed E-state index contributed by atoms with van der Waals surface area (Å²) in [6, 6.07) is 2.47. The molecule has 3 N–H and O–H groups in total. The Morgan fingerprint density at radius 1 is 1.42 bits per heavy atom. The van der Waals surface area contributed by atoms with Gasteiger partial charge in [-0.05, 0) is 31.7 Å². The Kier molecular flexibility index (Phi) is 6.01. The second kappa shape index (κ2) is 7.06. The Hall–Kier alpha value is -0.870. The van der Waals surface area contributed by atoms with Gasteiger partial charge in [-0.3, -0.25) is 4.68 Å². The van der Waals surface area contributed by atoms with Crippen molar-refractivity contribution in [3.05, 3.63) is 18.0 Å². The molecule has 1 aromatic rings. The van der Waals surface area contributed by atoms with E-state index >= 15 is 0 Å². The minimum atomic E-state index is -0.233. The summed E-state index contributed by atoms with van der Waals surface area (Å²) in [7, 11) is 0. The van der Waals surface area contributed by atoms with Crippen molar-refractivity contribution < 1.29 is 5.11 Å². The normalized spacial score (nSPS) is 16.6. The summed E-state index contributed by atoms with van der Waals surface area (Å²) in [5.41, 5.74) is 6.71. The lowest BCUT2D eigenvalue weighted by Gasteiger charge is -2.31. The molecule has 4 nitrogen and oxygen atoms in total. The molecule has 2 unspecified atom stereocenters. The summed E-state index contributed by atoms with van der Waals surface area (Å²) in [4.78, 5) is 0. The number of rotatable bonds is 8. The van der Waals surface area contributed by atoms with E-state index in [1.807, 2.05) is 16.9 Å². The van der Waals surface area contributed by atoms with Crippen molar-refractivity contribution in [3.63, 3.8) is 0 Å². The van der Waals surface area contributed by atoms with E-state index in [2.05, 4.69) is 32.8 Å². The van der Waals surface area contributed by atoms with Crippen molar-refractivity contribution in [2.45, 2.75) is 53.0 Å². The molecule has 0 saturated carbocycles. The van der Waals surface area contributed by atoms with E-state index < -0.39 is 0 Å². The van der Waals surface area contributed by atoms with Gasteiger partial charge in [0.1, 0.15) is 0 Å². The number of aromatic nitrogens is 2. The summed E-state index contributed by atoms with van der Waals surface area (Å²) < 4.78 is 2.00. The van der Waals surface area contributed by atoms with E-state index in [4.69, 9.17) is 5.73 Å². The molecule has 110 valence electrons. The van der Waals surface area contributed by atoms with Gasteiger partial charge >= 0.3 is 0 Å². The molecule has 0 spiro atoms. The molecule has 0 aliphatic carbocycles. The average Bonchev–Trinajstić information content (AvgIpc) is 2.84. The molecule has 19 heavy (non-hydrogen) atoms. The van der Waals surface area contributed by atoms with Gasteiger partial charge in [0.25, 0.3) is 0 Å². The van der Waals surface area contributed by atoms with Crippen molar-refractivity contribution in [2.24, 2.45) is 17.1 Å². The third-order valence-electron chi connectivity index (χ3n) is 3.87. The highest BCUT2D eigenvalue weighted by Crippen LogP contribution is 2.29. The van der Waals surface area contributed by atoms with Crippen LogP contribution in [0.2, 0.25) is 0 Å². The maximum absolute atomic E-state index is 9.73. The molecule has 4 heteroatoms. The maximum Gasteiger partial charge on any atom is 0.0631 e. The van der Waals surface area contributed by atoms with E-state index in [1.54, 1.807) is 0 Å². The molecule has 1 rings (SSSR count). The van der Waals surface area contributed by atoms with Crippen LogP contribution in [0.3, 0.4) is 0 Å². The first kappa shape index (κ1) is 16.2. The van der Waals surface area contributed by atoms with Gasteiger partial charge in [0.15, 0.2) is 0 Å². The lowest BCUT2D eigenvalue weighted by Crippen LogP contribution is -2.38. The minimum Gasteiger partial charge on any atom is -0.396 e. The van der Waals surface area contributed by atoms with Gasteiger partial charge in [-0.15, -0.1) is 0 Å². The van der Waals surface area contributed by atoms with Gasteiger partial charge in [0.2, 0.25) is 0 Å². The van der Waals surface area contributed by atoms with Crippen molar-refractivity contribution in [2.75, 3.05) is 13.2 Å². The average molecular weight is 267 g/mol. The molecule has 1 aromatic heterocycles. The quantitative estimate of drug-likeness (QED) is 0.760. The van der Waals surface area contributed by atoms with Crippen LogP contribution in [0.25, 0.3) is 0 Å². The Bertz CT molecular complexity index is 369. The predicted octanol–water partition coefficient (Wildman–Crippen LogP) is 2.38. The fraction of sp³-hybridized carbons (Fsp3) is 0.800. The van der Waals surface area contributed by atoms with E-state index in [1.165, 1.54) is 0 Å². The zero-order valence-electron chi connectivity index (χ0n) is 12.8. The first-order valence-corrected chi connectivity index (χ1v) is 7.31. The van der Waals surface area contributed by atoms with E-state index in [0.717, 1.165) is 25.0 Å². The number of hydrogen-bond acceptors (Lipinski definition) is 3. The van der Waals surface area contributed by atoms with Crippen LogP contribution in [-0.2, 0) is 6.42 Å². The third-order valence-corrected chi connectivity index (χ3v) is 3.87. The largest absolute Gasteiger partial charge is 0.396 e. The SMILES string of the molecule is CCC(C)n1ccc(CC(CN)(CO)CC(C)C)n1. The topological polar surface area (TPSA) is 64.1 Å². The standard InChI is InChI=1S/C15H29N3O/c1-5-13(4)18-7-6-14(17-18)9-15(10-16,11-19)8-12(2)3/h6-7,12-13,19H,5,8-11,16H2,1-4H3. The first-order chi connectivity index (χ1) is 8.96. The smallest absolute Gasteiger partial charge is 0.0631 e. The molecule has 0 aliphatic heterocycles. The van der Waals surface area contributed by atoms with Crippen LogP contribution in [0.4, 0.5) is 0 Å². The van der Waals surface area contributed by atoms with E-state index in [-0.39, 0.29) is 12.0 Å². The summed E-state index contributed by atoms with van der Waals surface area (Å²) in [5, 5.41) is 14.4. The fourth-order valence-corrected chi connectivity index (χ4v) is 2.57. The summed E-state index contributed by atoms with van der Waals surface area (Å²) >= 11 is 0. The lowest BCUT2D eigenvalue weighted by molar-refractivity contribution is 0.106. The van der Waals surface area contributed by atoms with E-state index in [0.29, 0.717) is 18.5 Å². The molecular formula is C15H29N3O. The lowest BCUT2D eigenvalue weighted by atomic mass is 9.77. The molecule has 0 amide bonds. The monoisotopic (exact) mass is 267 g/mol. The highest BCUT2D eigenvalue weighted by atomic mass is 16.3. The van der Waals surface area contributed by atoms with Crippen LogP contribution in [0.1, 0.15) is 52.3 Å². The second-order valence-electron chi connectivity index (χ2n) is 6.18. The molecule has 0 aromatic carbocycles. The highest BCUT2D eigenvalue weighted by Gasteiger charge is 2.30. The zero-order chi connectivity index (χ0) is 14.5. The molecular weight excluding hydrogens is 238 g/mol. The van der Waals surface area contributed by atoms with Crippen LogP contribution in [0, 0.1) is 11.3 Å². The Labute approximate surface area is 117 Å². The molecule has 0 aliphatic rings. The number of nitrogens with two attached hydrogens (primary N) is 1. The summed E-state index contributed by atoms with van der Waals surface area (Å²) in [5.74, 6) is 0.521. The number of aliphatic hydroxyl groups is 1. The summed E-state index contributed by atoms with van der Waals surface area (Å²) in [6.45, 7) is 9.27. The molecule has 2 atom stereocenters. The predicted molar refractivity (Wildman–Crippen MR) is 79.0 cm³/mol. The Morgan fingerprint density at radius 2 is 2.11 bits per heavy atom. The zero-order valence-corrected chi connectivity index (χ0v) is 12.8. The van der Waals surface area contributed by atoms with Gasteiger partial charge in [-0.25, -0.2) is 0 Å². The van der Waals surface area contributed by atoms with Crippen molar-refractivity contribution in [1.29, 1.82) is 0 Å². The molecule has 0 bridgehead atoms. The second-order valence-corrected chi connectivity index (χ2v) is 6.18. The third kappa shape index (κ3) is 4.32. The van der Waals surface area contributed by atoms with Crippen LogP contribution in [-0.4, -0.2) is 28.0 Å². The number of hydrogen-bond donors (Lipinski definition) is 2. The van der Waals surface area contributed by atoms with Gasteiger partial charge in [-0.1, -0.05) is 20.8 Å². The van der Waals surface area contributed by atoms with E-state index in [9.17, 15) is 5.11 Å². The highest BCUT2D eigenvalue weighted by molar-refractivity contribution is 5.04. The van der Waals surface area contributed by atoms with Crippen molar-refractivity contribution in [1.82, 2.24) is 9.78 Å². The Balaban J connectivity index is 2.82. The number of nitrogens with zero attached hydrogens (tertiary/aromatic N) is 2. The molecule has 1 heterocycles. The number of aliphatic hydroxyl groups excluding tert-OH is 1.